The molecule has 2 aromatic carbocycles. The first kappa shape index (κ1) is 22.0. The van der Waals surface area contributed by atoms with Crippen LogP contribution in [0.4, 0.5) is 11.4 Å². The lowest BCUT2D eigenvalue weighted by atomic mass is 10.1. The second kappa shape index (κ2) is 9.08. The van der Waals surface area contributed by atoms with Crippen LogP contribution in [0.3, 0.4) is 0 Å². The van der Waals surface area contributed by atoms with E-state index in [9.17, 15) is 14.4 Å². The molecule has 0 bridgehead atoms. The Morgan fingerprint density at radius 2 is 1.70 bits per heavy atom. The van der Waals surface area contributed by atoms with Crippen LogP contribution in [0.5, 0.6) is 0 Å². The monoisotopic (exact) mass is 440 g/mol. The largest absolute Gasteiger partial charge is 0.324 e. The molecule has 7 heteroatoms. The molecule has 166 valence electrons. The number of aryl methyl sites for hydroxylation is 3. The van der Waals surface area contributed by atoms with Gasteiger partial charge in [-0.15, -0.1) is 0 Å². The van der Waals surface area contributed by atoms with Crippen molar-refractivity contribution >= 4 is 34.2 Å². The van der Waals surface area contributed by atoms with Crippen LogP contribution in [0.2, 0.25) is 0 Å². The van der Waals surface area contributed by atoms with E-state index in [2.05, 4.69) is 15.6 Å². The molecule has 33 heavy (non-hydrogen) atoms. The van der Waals surface area contributed by atoms with E-state index in [1.165, 1.54) is 6.20 Å². The molecule has 4 rings (SSSR count). The lowest BCUT2D eigenvalue weighted by molar-refractivity contribution is -0.116. The highest BCUT2D eigenvalue weighted by atomic mass is 16.2. The van der Waals surface area contributed by atoms with Gasteiger partial charge < -0.3 is 15.2 Å². The molecule has 0 aliphatic carbocycles. The van der Waals surface area contributed by atoms with E-state index in [4.69, 9.17) is 0 Å². The van der Waals surface area contributed by atoms with Gasteiger partial charge in [-0.2, -0.15) is 0 Å². The van der Waals surface area contributed by atoms with E-state index >= 15 is 0 Å². The van der Waals surface area contributed by atoms with Crippen molar-refractivity contribution in [2.75, 3.05) is 10.6 Å². The lowest BCUT2D eigenvalue weighted by Gasteiger charge is -2.14. The third kappa shape index (κ3) is 4.82. The summed E-state index contributed by atoms with van der Waals surface area (Å²) in [6.07, 6.45) is 1.40. The number of fused-ring (bicyclic) bond motifs is 1. The van der Waals surface area contributed by atoms with E-state index in [0.717, 1.165) is 16.8 Å². The molecule has 0 radical (unpaired) electrons. The average Bonchev–Trinajstić information content (AvgIpc) is 2.78. The summed E-state index contributed by atoms with van der Waals surface area (Å²) in [5.74, 6) is -0.830. The van der Waals surface area contributed by atoms with Crippen molar-refractivity contribution in [3.05, 3.63) is 99.5 Å². The summed E-state index contributed by atoms with van der Waals surface area (Å²) in [5.41, 5.74) is 3.82. The highest BCUT2D eigenvalue weighted by Crippen LogP contribution is 2.17. The van der Waals surface area contributed by atoms with Gasteiger partial charge in [0.15, 0.2) is 0 Å². The van der Waals surface area contributed by atoms with E-state index < -0.39 is 11.3 Å². The molecule has 2 aromatic heterocycles. The van der Waals surface area contributed by atoms with Gasteiger partial charge in [0.1, 0.15) is 17.8 Å². The fourth-order valence-corrected chi connectivity index (χ4v) is 3.58. The number of carbonyl (C=O) groups excluding carboxylic acids is 2. The first-order chi connectivity index (χ1) is 15.8. The summed E-state index contributed by atoms with van der Waals surface area (Å²) in [6.45, 7) is 5.57. The second-order valence-corrected chi connectivity index (χ2v) is 8.01. The topological polar surface area (TPSA) is 93.1 Å². The number of hydrogen-bond acceptors (Lipinski definition) is 4. The third-order valence-electron chi connectivity index (χ3n) is 5.32. The van der Waals surface area contributed by atoms with Gasteiger partial charge in [0, 0.05) is 23.3 Å². The Hall–Kier alpha value is -4.26. The molecule has 4 aromatic rings. The second-order valence-electron chi connectivity index (χ2n) is 8.01. The van der Waals surface area contributed by atoms with Gasteiger partial charge in [0.05, 0.1) is 5.39 Å². The van der Waals surface area contributed by atoms with E-state index in [-0.39, 0.29) is 23.4 Å². The zero-order chi connectivity index (χ0) is 23.5. The number of hydrogen-bond donors (Lipinski definition) is 2. The minimum Gasteiger partial charge on any atom is -0.324 e. The quantitative estimate of drug-likeness (QED) is 0.486. The van der Waals surface area contributed by atoms with Crippen molar-refractivity contribution in [1.29, 1.82) is 0 Å². The van der Waals surface area contributed by atoms with Crippen LogP contribution < -0.4 is 16.1 Å². The number of benzene rings is 2. The highest BCUT2D eigenvalue weighted by Gasteiger charge is 2.18. The molecule has 0 aliphatic heterocycles. The van der Waals surface area contributed by atoms with E-state index in [1.807, 2.05) is 38.1 Å². The highest BCUT2D eigenvalue weighted by molar-refractivity contribution is 6.05. The molecular weight excluding hydrogens is 416 g/mol. The lowest BCUT2D eigenvalue weighted by Crippen LogP contribution is -2.27. The predicted octanol–water partition coefficient (Wildman–Crippen LogP) is 4.21. The number of carbonyl (C=O) groups is 2. The van der Waals surface area contributed by atoms with Gasteiger partial charge in [-0.25, -0.2) is 4.98 Å². The molecule has 0 saturated heterocycles. The zero-order valence-electron chi connectivity index (χ0n) is 18.7. The maximum atomic E-state index is 13.1. The Balaban J connectivity index is 1.71. The fourth-order valence-electron chi connectivity index (χ4n) is 3.58. The summed E-state index contributed by atoms with van der Waals surface area (Å²) < 4.78 is 1.55. The Labute approximate surface area is 191 Å². The number of aromatic nitrogens is 2. The number of para-hydroxylation sites is 1. The summed E-state index contributed by atoms with van der Waals surface area (Å²) in [7, 11) is 0. The molecule has 0 aliphatic rings. The standard InChI is InChI=1S/C26H24N4O3/c1-16-9-10-17(2)22(13-16)29-23(31)15-30-14-21(26(33)28-19-7-5-4-6-8-19)24(32)20-12-11-18(3)27-25(20)30/h4-14H,15H2,1-3H3,(H,28,33)(H,29,31). The Bertz CT molecular complexity index is 1430. The van der Waals surface area contributed by atoms with Crippen LogP contribution >= 0.6 is 0 Å². The SMILES string of the molecule is Cc1ccc(C)c(NC(=O)Cn2cc(C(=O)Nc3ccccc3)c(=O)c3ccc(C)nc32)c1. The Morgan fingerprint density at radius 1 is 0.939 bits per heavy atom. The smallest absolute Gasteiger partial charge is 0.261 e. The third-order valence-corrected chi connectivity index (χ3v) is 5.32. The Kier molecular flexibility index (Phi) is 6.04. The number of anilines is 2. The minimum absolute atomic E-state index is 0.0588. The number of nitrogens with zero attached hydrogens (tertiary/aromatic N) is 2. The fraction of sp³-hybridized carbons (Fsp3) is 0.154. The van der Waals surface area contributed by atoms with Crippen LogP contribution in [0.25, 0.3) is 11.0 Å². The molecule has 0 saturated carbocycles. The van der Waals surface area contributed by atoms with Crippen LogP contribution in [-0.4, -0.2) is 21.4 Å². The van der Waals surface area contributed by atoms with Crippen molar-refractivity contribution in [2.24, 2.45) is 0 Å². The molecule has 7 nitrogen and oxygen atoms in total. The van der Waals surface area contributed by atoms with E-state index in [0.29, 0.717) is 17.0 Å². The van der Waals surface area contributed by atoms with Crippen LogP contribution in [0.15, 0.2) is 71.7 Å². The molecular formula is C26H24N4O3. The Morgan fingerprint density at radius 3 is 2.45 bits per heavy atom. The van der Waals surface area contributed by atoms with Crippen molar-refractivity contribution in [3.8, 4) is 0 Å². The number of rotatable bonds is 5. The van der Waals surface area contributed by atoms with Crippen molar-refractivity contribution in [1.82, 2.24) is 9.55 Å². The maximum absolute atomic E-state index is 13.1. The summed E-state index contributed by atoms with van der Waals surface area (Å²) in [5, 5.41) is 5.93. The van der Waals surface area contributed by atoms with E-state index in [1.54, 1.807) is 47.9 Å². The van der Waals surface area contributed by atoms with Crippen molar-refractivity contribution < 1.29 is 9.59 Å². The molecule has 0 unspecified atom stereocenters. The number of pyridine rings is 2. The normalized spacial score (nSPS) is 10.8. The van der Waals surface area contributed by atoms with Crippen LogP contribution in [0, 0.1) is 20.8 Å². The van der Waals surface area contributed by atoms with Gasteiger partial charge >= 0.3 is 0 Å². The van der Waals surface area contributed by atoms with Crippen LogP contribution in [0.1, 0.15) is 27.2 Å². The zero-order valence-corrected chi connectivity index (χ0v) is 18.7. The summed E-state index contributed by atoms with van der Waals surface area (Å²) in [6, 6.07) is 18.1. The molecule has 2 N–H and O–H groups in total. The van der Waals surface area contributed by atoms with Gasteiger partial charge in [-0.3, -0.25) is 14.4 Å². The van der Waals surface area contributed by atoms with Crippen LogP contribution in [-0.2, 0) is 11.3 Å². The summed E-state index contributed by atoms with van der Waals surface area (Å²) in [4.78, 5) is 43.3. The molecule has 2 heterocycles. The maximum Gasteiger partial charge on any atom is 0.261 e. The van der Waals surface area contributed by atoms with Gasteiger partial charge in [-0.05, 0) is 62.2 Å². The number of amides is 2. The molecule has 0 fully saturated rings. The van der Waals surface area contributed by atoms with Crippen molar-refractivity contribution in [2.45, 2.75) is 27.3 Å². The molecule has 0 atom stereocenters. The average molecular weight is 441 g/mol. The summed E-state index contributed by atoms with van der Waals surface area (Å²) >= 11 is 0. The predicted molar refractivity (Wildman–Crippen MR) is 130 cm³/mol. The van der Waals surface area contributed by atoms with Gasteiger partial charge in [-0.1, -0.05) is 30.3 Å². The van der Waals surface area contributed by atoms with Gasteiger partial charge in [0.2, 0.25) is 11.3 Å². The first-order valence-corrected chi connectivity index (χ1v) is 10.6. The molecule has 2 amide bonds. The van der Waals surface area contributed by atoms with Crippen molar-refractivity contribution in [3.63, 3.8) is 0 Å². The minimum atomic E-state index is -0.544. The number of nitrogens with one attached hydrogen (secondary N) is 2. The van der Waals surface area contributed by atoms with Gasteiger partial charge in [0.25, 0.3) is 5.91 Å². The molecule has 0 spiro atoms. The first-order valence-electron chi connectivity index (χ1n) is 10.6.